The smallest absolute Gasteiger partial charge is 0.220 e. The van der Waals surface area contributed by atoms with Crippen LogP contribution in [-0.4, -0.2) is 24.0 Å². The van der Waals surface area contributed by atoms with Crippen molar-refractivity contribution in [3.8, 4) is 11.6 Å². The lowest BCUT2D eigenvalue weighted by molar-refractivity contribution is -0.122. The minimum atomic E-state index is -0.356. The van der Waals surface area contributed by atoms with E-state index in [9.17, 15) is 9.18 Å². The zero-order valence-electron chi connectivity index (χ0n) is 16.4. The molecule has 1 saturated heterocycles. The van der Waals surface area contributed by atoms with Crippen molar-refractivity contribution in [2.45, 2.75) is 32.7 Å². The molecule has 1 aromatic heterocycles. The predicted octanol–water partition coefficient (Wildman–Crippen LogP) is 4.50. The number of amides is 1. The molecule has 0 radical (unpaired) electrons. The minimum Gasteiger partial charge on any atom is -0.439 e. The lowest BCUT2D eigenvalue weighted by Crippen LogP contribution is -2.35. The van der Waals surface area contributed by atoms with E-state index in [4.69, 9.17) is 4.74 Å². The van der Waals surface area contributed by atoms with Crippen LogP contribution >= 0.6 is 24.8 Å². The third-order valence-corrected chi connectivity index (χ3v) is 4.95. The molecule has 2 aromatic rings. The van der Waals surface area contributed by atoms with Crippen molar-refractivity contribution in [1.82, 2.24) is 15.6 Å². The number of aromatic nitrogens is 1. The van der Waals surface area contributed by atoms with Crippen LogP contribution in [0.15, 0.2) is 42.6 Å². The van der Waals surface area contributed by atoms with Crippen LogP contribution in [0.3, 0.4) is 0 Å². The van der Waals surface area contributed by atoms with Gasteiger partial charge in [0.2, 0.25) is 11.8 Å². The summed E-state index contributed by atoms with van der Waals surface area (Å²) in [4.78, 5) is 16.4. The average Bonchev–Trinajstić information content (AvgIpc) is 2.68. The molecule has 8 heteroatoms. The van der Waals surface area contributed by atoms with Crippen LogP contribution < -0.4 is 15.4 Å². The number of nitrogens with zero attached hydrogens (tertiary/aromatic N) is 1. The van der Waals surface area contributed by atoms with Crippen molar-refractivity contribution in [3.05, 3.63) is 54.0 Å². The molecule has 1 aliphatic heterocycles. The highest BCUT2D eigenvalue weighted by Gasteiger charge is 2.21. The van der Waals surface area contributed by atoms with Gasteiger partial charge in [-0.1, -0.05) is 19.1 Å². The Kier molecular flexibility index (Phi) is 10.9. The molecule has 0 bridgehead atoms. The maximum Gasteiger partial charge on any atom is 0.220 e. The van der Waals surface area contributed by atoms with Crippen LogP contribution in [0, 0.1) is 17.7 Å². The number of halogens is 3. The molecule has 29 heavy (non-hydrogen) atoms. The first-order valence-corrected chi connectivity index (χ1v) is 9.46. The third-order valence-electron chi connectivity index (χ3n) is 4.95. The van der Waals surface area contributed by atoms with Crippen molar-refractivity contribution >= 4 is 30.7 Å². The van der Waals surface area contributed by atoms with Gasteiger partial charge in [0.15, 0.2) is 0 Å². The topological polar surface area (TPSA) is 63.2 Å². The molecular weight excluding hydrogens is 416 g/mol. The van der Waals surface area contributed by atoms with Gasteiger partial charge in [-0.3, -0.25) is 4.79 Å². The summed E-state index contributed by atoms with van der Waals surface area (Å²) in [7, 11) is 0. The Morgan fingerprint density at radius 3 is 2.83 bits per heavy atom. The fourth-order valence-corrected chi connectivity index (χ4v) is 3.32. The average molecular weight is 444 g/mol. The van der Waals surface area contributed by atoms with Gasteiger partial charge in [0.05, 0.1) is 0 Å². The number of hydrogen-bond acceptors (Lipinski definition) is 4. The van der Waals surface area contributed by atoms with Crippen molar-refractivity contribution in [3.63, 3.8) is 0 Å². The van der Waals surface area contributed by atoms with E-state index in [-0.39, 0.29) is 36.5 Å². The number of nitrogens with one attached hydrogen (secondary N) is 2. The molecule has 5 nitrogen and oxygen atoms in total. The number of hydrogen-bond donors (Lipinski definition) is 2. The van der Waals surface area contributed by atoms with Crippen LogP contribution in [0.5, 0.6) is 11.6 Å². The molecule has 1 amide bonds. The van der Waals surface area contributed by atoms with E-state index in [2.05, 4.69) is 22.5 Å². The van der Waals surface area contributed by atoms with Gasteiger partial charge in [-0.15, -0.1) is 24.8 Å². The van der Waals surface area contributed by atoms with Gasteiger partial charge >= 0.3 is 0 Å². The summed E-state index contributed by atoms with van der Waals surface area (Å²) in [5.41, 5.74) is 0.891. The zero-order chi connectivity index (χ0) is 19.1. The molecule has 2 atom stereocenters. The van der Waals surface area contributed by atoms with Crippen molar-refractivity contribution in [2.24, 2.45) is 11.8 Å². The lowest BCUT2D eigenvalue weighted by Gasteiger charge is -2.28. The summed E-state index contributed by atoms with van der Waals surface area (Å²) in [5, 5.41) is 6.36. The number of benzene rings is 1. The molecule has 2 unspecified atom stereocenters. The van der Waals surface area contributed by atoms with Crippen LogP contribution in [0.2, 0.25) is 0 Å². The van der Waals surface area contributed by atoms with Gasteiger partial charge in [-0.05, 0) is 55.5 Å². The van der Waals surface area contributed by atoms with Crippen molar-refractivity contribution in [2.75, 3.05) is 13.1 Å². The maximum atomic E-state index is 13.2. The van der Waals surface area contributed by atoms with Gasteiger partial charge in [0, 0.05) is 31.3 Å². The Morgan fingerprint density at radius 1 is 1.34 bits per heavy atom. The molecule has 0 saturated carbocycles. The van der Waals surface area contributed by atoms with Crippen LogP contribution in [-0.2, 0) is 11.3 Å². The Hall–Kier alpha value is -1.89. The fourth-order valence-electron chi connectivity index (χ4n) is 3.32. The Bertz CT molecular complexity index is 756. The molecule has 0 spiro atoms. The molecule has 1 fully saturated rings. The summed E-state index contributed by atoms with van der Waals surface area (Å²) >= 11 is 0. The first kappa shape index (κ1) is 25.1. The number of pyridine rings is 1. The Morgan fingerprint density at radius 2 is 2.17 bits per heavy atom. The van der Waals surface area contributed by atoms with E-state index in [1.54, 1.807) is 24.4 Å². The number of carbonyl (C=O) groups excluding carboxylic acids is 1. The minimum absolute atomic E-state index is 0. The van der Waals surface area contributed by atoms with Gasteiger partial charge < -0.3 is 15.4 Å². The van der Waals surface area contributed by atoms with Crippen LogP contribution in [0.4, 0.5) is 4.39 Å². The van der Waals surface area contributed by atoms with E-state index < -0.39 is 0 Å². The molecule has 3 rings (SSSR count). The highest BCUT2D eigenvalue weighted by Crippen LogP contribution is 2.22. The lowest BCUT2D eigenvalue weighted by atomic mass is 9.85. The summed E-state index contributed by atoms with van der Waals surface area (Å²) in [6.07, 6.45) is 4.58. The molecule has 160 valence electrons. The third kappa shape index (κ3) is 8.17. The van der Waals surface area contributed by atoms with E-state index in [0.29, 0.717) is 36.4 Å². The van der Waals surface area contributed by atoms with E-state index in [1.807, 2.05) is 6.07 Å². The number of rotatable bonds is 7. The van der Waals surface area contributed by atoms with E-state index in [0.717, 1.165) is 18.7 Å². The van der Waals surface area contributed by atoms with E-state index in [1.165, 1.54) is 25.0 Å². The molecule has 1 aromatic carbocycles. The zero-order valence-corrected chi connectivity index (χ0v) is 18.0. The van der Waals surface area contributed by atoms with Gasteiger partial charge in [0.25, 0.3) is 0 Å². The summed E-state index contributed by atoms with van der Waals surface area (Å²) in [6.45, 7) is 4.67. The Balaban J connectivity index is 0.00000210. The second-order valence-corrected chi connectivity index (χ2v) is 7.13. The van der Waals surface area contributed by atoms with Gasteiger partial charge in [-0.25, -0.2) is 9.37 Å². The predicted molar refractivity (Wildman–Crippen MR) is 116 cm³/mol. The standard InChI is InChI=1S/C21H26FN3O2.2ClH/c1-15(17-4-3-9-23-14-17)10-20(26)24-12-16-7-8-21(25-13-16)27-19-6-2-5-18(22)11-19;;/h2,5-8,11,13,15,17,23H,3-4,9-10,12,14H2,1H3,(H,24,26);2*1H. The first-order chi connectivity index (χ1) is 13.1. The largest absolute Gasteiger partial charge is 0.439 e. The van der Waals surface area contributed by atoms with Crippen molar-refractivity contribution < 1.29 is 13.9 Å². The second-order valence-electron chi connectivity index (χ2n) is 7.13. The SMILES string of the molecule is CC(CC(=O)NCc1ccc(Oc2cccc(F)c2)nc1)C1CCCNC1.Cl.Cl. The van der Waals surface area contributed by atoms with Crippen molar-refractivity contribution in [1.29, 1.82) is 0 Å². The summed E-state index contributed by atoms with van der Waals surface area (Å²) in [5.74, 6) is 1.44. The van der Waals surface area contributed by atoms with Gasteiger partial charge in [0.1, 0.15) is 11.6 Å². The summed E-state index contributed by atoms with van der Waals surface area (Å²) in [6, 6.07) is 9.47. The first-order valence-electron chi connectivity index (χ1n) is 9.46. The number of piperidine rings is 1. The second kappa shape index (κ2) is 12.6. The quantitative estimate of drug-likeness (QED) is 0.660. The molecule has 1 aliphatic rings. The van der Waals surface area contributed by atoms with Crippen LogP contribution in [0.25, 0.3) is 0 Å². The normalized spacial score (nSPS) is 16.7. The fraction of sp³-hybridized carbons (Fsp3) is 0.429. The number of ether oxygens (including phenoxy) is 1. The molecule has 2 N–H and O–H groups in total. The van der Waals surface area contributed by atoms with Crippen LogP contribution in [0.1, 0.15) is 31.7 Å². The number of carbonyl (C=O) groups is 1. The highest BCUT2D eigenvalue weighted by molar-refractivity contribution is 5.85. The van der Waals surface area contributed by atoms with Gasteiger partial charge in [-0.2, -0.15) is 0 Å². The monoisotopic (exact) mass is 443 g/mol. The highest BCUT2D eigenvalue weighted by atomic mass is 35.5. The Labute approximate surface area is 183 Å². The molecular formula is C21H28Cl2FN3O2. The summed E-state index contributed by atoms with van der Waals surface area (Å²) < 4.78 is 18.7. The maximum absolute atomic E-state index is 13.2. The van der Waals surface area contributed by atoms with E-state index >= 15 is 0 Å². The molecule has 2 heterocycles. The molecule has 0 aliphatic carbocycles.